The standard InChI is InChI=1S/C11H16FN3O/c1-11(2-4-13-5-3-11)10-14-9(16-15-10)7-6-8(7)12/h7-8,13H,2-6H2,1H3. The number of piperidine rings is 1. The van der Waals surface area contributed by atoms with Crippen LogP contribution in [-0.4, -0.2) is 29.4 Å². The van der Waals surface area contributed by atoms with Gasteiger partial charge in [0, 0.05) is 5.41 Å². The molecule has 2 heterocycles. The van der Waals surface area contributed by atoms with Crippen LogP contribution in [0.2, 0.25) is 0 Å². The third-order valence-corrected chi connectivity index (χ3v) is 3.72. The molecule has 1 saturated heterocycles. The summed E-state index contributed by atoms with van der Waals surface area (Å²) in [4.78, 5) is 4.37. The smallest absolute Gasteiger partial charge is 0.232 e. The van der Waals surface area contributed by atoms with Gasteiger partial charge in [0.05, 0.1) is 5.92 Å². The Kier molecular flexibility index (Phi) is 2.24. The molecule has 16 heavy (non-hydrogen) atoms. The van der Waals surface area contributed by atoms with Crippen molar-refractivity contribution in [3.8, 4) is 0 Å². The van der Waals surface area contributed by atoms with Crippen LogP contribution in [0.3, 0.4) is 0 Å². The van der Waals surface area contributed by atoms with E-state index in [2.05, 4.69) is 22.4 Å². The van der Waals surface area contributed by atoms with E-state index in [0.29, 0.717) is 12.3 Å². The lowest BCUT2D eigenvalue weighted by molar-refractivity contribution is 0.298. The van der Waals surface area contributed by atoms with Crippen molar-refractivity contribution in [3.05, 3.63) is 11.7 Å². The van der Waals surface area contributed by atoms with E-state index in [9.17, 15) is 4.39 Å². The maximum atomic E-state index is 12.9. The van der Waals surface area contributed by atoms with Crippen LogP contribution in [0.4, 0.5) is 4.39 Å². The zero-order chi connectivity index (χ0) is 11.2. The number of hydrogen-bond acceptors (Lipinski definition) is 4. The summed E-state index contributed by atoms with van der Waals surface area (Å²) in [6.07, 6.45) is 1.79. The van der Waals surface area contributed by atoms with Gasteiger partial charge in [0.15, 0.2) is 5.82 Å². The Bertz CT molecular complexity index is 386. The van der Waals surface area contributed by atoms with Crippen molar-refractivity contribution in [2.24, 2.45) is 0 Å². The quantitative estimate of drug-likeness (QED) is 0.829. The van der Waals surface area contributed by atoms with Gasteiger partial charge >= 0.3 is 0 Å². The zero-order valence-corrected chi connectivity index (χ0v) is 9.37. The van der Waals surface area contributed by atoms with Crippen LogP contribution in [0.15, 0.2) is 4.52 Å². The molecule has 5 heteroatoms. The van der Waals surface area contributed by atoms with E-state index in [0.717, 1.165) is 31.8 Å². The number of alkyl halides is 1. The molecule has 0 bridgehead atoms. The minimum absolute atomic E-state index is 0.00625. The van der Waals surface area contributed by atoms with E-state index < -0.39 is 6.17 Å². The van der Waals surface area contributed by atoms with Crippen molar-refractivity contribution in [3.63, 3.8) is 0 Å². The topological polar surface area (TPSA) is 51.0 Å². The number of nitrogens with zero attached hydrogens (tertiary/aromatic N) is 2. The van der Waals surface area contributed by atoms with Crippen molar-refractivity contribution < 1.29 is 8.91 Å². The molecule has 0 spiro atoms. The molecule has 2 aliphatic rings. The van der Waals surface area contributed by atoms with Crippen LogP contribution < -0.4 is 5.32 Å². The largest absolute Gasteiger partial charge is 0.339 e. The molecule has 2 atom stereocenters. The van der Waals surface area contributed by atoms with Crippen molar-refractivity contribution in [1.29, 1.82) is 0 Å². The van der Waals surface area contributed by atoms with E-state index in [1.54, 1.807) is 0 Å². The summed E-state index contributed by atoms with van der Waals surface area (Å²) in [7, 11) is 0. The number of aromatic nitrogens is 2. The predicted molar refractivity (Wildman–Crippen MR) is 56.0 cm³/mol. The molecule has 2 unspecified atom stereocenters. The summed E-state index contributed by atoms with van der Waals surface area (Å²) < 4.78 is 18.0. The van der Waals surface area contributed by atoms with Crippen molar-refractivity contribution in [2.75, 3.05) is 13.1 Å². The predicted octanol–water partition coefficient (Wildman–Crippen LogP) is 1.54. The van der Waals surface area contributed by atoms with Gasteiger partial charge in [-0.3, -0.25) is 0 Å². The van der Waals surface area contributed by atoms with Gasteiger partial charge in [-0.25, -0.2) is 4.39 Å². The summed E-state index contributed by atoms with van der Waals surface area (Å²) in [5, 5.41) is 7.34. The number of hydrogen-bond donors (Lipinski definition) is 1. The Balaban J connectivity index is 1.80. The Morgan fingerprint density at radius 1 is 1.44 bits per heavy atom. The monoisotopic (exact) mass is 225 g/mol. The van der Waals surface area contributed by atoms with Gasteiger partial charge in [0.1, 0.15) is 6.17 Å². The molecular weight excluding hydrogens is 209 g/mol. The summed E-state index contributed by atoms with van der Waals surface area (Å²) in [5.41, 5.74) is -0.00625. The van der Waals surface area contributed by atoms with Gasteiger partial charge in [0.2, 0.25) is 5.89 Å². The minimum Gasteiger partial charge on any atom is -0.339 e. The maximum absolute atomic E-state index is 12.9. The lowest BCUT2D eigenvalue weighted by atomic mass is 9.80. The fraction of sp³-hybridized carbons (Fsp3) is 0.818. The van der Waals surface area contributed by atoms with E-state index in [-0.39, 0.29) is 11.3 Å². The highest BCUT2D eigenvalue weighted by molar-refractivity contribution is 5.13. The SMILES string of the molecule is CC1(c2noc(C3CC3F)n2)CCNCC1. The Morgan fingerprint density at radius 2 is 2.12 bits per heavy atom. The molecule has 1 aromatic rings. The Morgan fingerprint density at radius 3 is 2.75 bits per heavy atom. The first-order valence-electron chi connectivity index (χ1n) is 5.88. The molecule has 1 aromatic heterocycles. The lowest BCUT2D eigenvalue weighted by Crippen LogP contribution is -2.38. The fourth-order valence-corrected chi connectivity index (χ4v) is 2.25. The molecule has 1 aliphatic heterocycles. The molecule has 1 aliphatic carbocycles. The molecule has 1 saturated carbocycles. The highest BCUT2D eigenvalue weighted by Gasteiger charge is 2.44. The fourth-order valence-electron chi connectivity index (χ4n) is 2.25. The second-order valence-corrected chi connectivity index (χ2v) is 5.13. The van der Waals surface area contributed by atoms with Gasteiger partial charge in [-0.1, -0.05) is 12.1 Å². The molecule has 3 rings (SSSR count). The molecule has 4 nitrogen and oxygen atoms in total. The van der Waals surface area contributed by atoms with E-state index in [1.165, 1.54) is 0 Å². The van der Waals surface area contributed by atoms with E-state index in [1.807, 2.05) is 0 Å². The maximum Gasteiger partial charge on any atom is 0.232 e. The average molecular weight is 225 g/mol. The van der Waals surface area contributed by atoms with Gasteiger partial charge in [-0.05, 0) is 32.4 Å². The van der Waals surface area contributed by atoms with Gasteiger partial charge < -0.3 is 9.84 Å². The normalized spacial score (nSPS) is 32.6. The molecule has 1 N–H and O–H groups in total. The molecule has 0 radical (unpaired) electrons. The molecule has 2 fully saturated rings. The number of halogens is 1. The number of nitrogens with one attached hydrogen (secondary N) is 1. The number of rotatable bonds is 2. The van der Waals surface area contributed by atoms with Crippen LogP contribution in [0.25, 0.3) is 0 Å². The van der Waals surface area contributed by atoms with E-state index >= 15 is 0 Å². The average Bonchev–Trinajstić information content (AvgIpc) is 2.82. The van der Waals surface area contributed by atoms with Crippen LogP contribution >= 0.6 is 0 Å². The van der Waals surface area contributed by atoms with Gasteiger partial charge in [0.25, 0.3) is 0 Å². The van der Waals surface area contributed by atoms with Crippen LogP contribution in [0, 0.1) is 0 Å². The van der Waals surface area contributed by atoms with Crippen molar-refractivity contribution >= 4 is 0 Å². The zero-order valence-electron chi connectivity index (χ0n) is 9.37. The minimum atomic E-state index is -0.769. The molecule has 0 aromatic carbocycles. The summed E-state index contributed by atoms with van der Waals surface area (Å²) in [6, 6.07) is 0. The third kappa shape index (κ3) is 1.63. The molecule has 0 amide bonds. The summed E-state index contributed by atoms with van der Waals surface area (Å²) >= 11 is 0. The van der Waals surface area contributed by atoms with Gasteiger partial charge in [-0.2, -0.15) is 4.98 Å². The second kappa shape index (κ2) is 3.52. The Hall–Kier alpha value is -0.970. The highest BCUT2D eigenvalue weighted by Crippen LogP contribution is 2.43. The van der Waals surface area contributed by atoms with Crippen molar-refractivity contribution in [1.82, 2.24) is 15.5 Å². The van der Waals surface area contributed by atoms with Gasteiger partial charge in [-0.15, -0.1) is 0 Å². The third-order valence-electron chi connectivity index (χ3n) is 3.72. The summed E-state index contributed by atoms with van der Waals surface area (Å²) in [6.45, 7) is 4.12. The van der Waals surface area contributed by atoms with Crippen LogP contribution in [0.5, 0.6) is 0 Å². The second-order valence-electron chi connectivity index (χ2n) is 5.13. The lowest BCUT2D eigenvalue weighted by Gasteiger charge is -2.30. The summed E-state index contributed by atoms with van der Waals surface area (Å²) in [5.74, 6) is 1.11. The first-order chi connectivity index (χ1) is 7.69. The van der Waals surface area contributed by atoms with Crippen molar-refractivity contribution in [2.45, 2.75) is 43.7 Å². The first kappa shape index (κ1) is 10.2. The molecular formula is C11H16FN3O. The van der Waals surface area contributed by atoms with Crippen LogP contribution in [0.1, 0.15) is 43.8 Å². The highest BCUT2D eigenvalue weighted by atomic mass is 19.1. The molecule has 88 valence electrons. The Labute approximate surface area is 93.6 Å². The van der Waals surface area contributed by atoms with E-state index in [4.69, 9.17) is 4.52 Å². The first-order valence-corrected chi connectivity index (χ1v) is 5.88. The van der Waals surface area contributed by atoms with Crippen LogP contribution in [-0.2, 0) is 5.41 Å².